The molecule has 5 nitrogen and oxygen atoms in total. The molecule has 0 spiro atoms. The molecular formula is C18H29NO4. The van der Waals surface area contributed by atoms with Crippen LogP contribution in [0.15, 0.2) is 18.2 Å². The van der Waals surface area contributed by atoms with E-state index in [4.69, 9.17) is 9.47 Å². The molecule has 1 aromatic rings. The van der Waals surface area contributed by atoms with Crippen molar-refractivity contribution in [2.24, 2.45) is 5.92 Å². The van der Waals surface area contributed by atoms with Crippen LogP contribution in [0.4, 0.5) is 0 Å². The summed E-state index contributed by atoms with van der Waals surface area (Å²) >= 11 is 0. The lowest BCUT2D eigenvalue weighted by molar-refractivity contribution is 0.0934. The zero-order chi connectivity index (χ0) is 17.4. The van der Waals surface area contributed by atoms with Gasteiger partial charge in [0.05, 0.1) is 12.7 Å². The summed E-state index contributed by atoms with van der Waals surface area (Å²) in [5, 5.41) is 13.1. The van der Waals surface area contributed by atoms with E-state index in [9.17, 15) is 9.90 Å². The van der Waals surface area contributed by atoms with Gasteiger partial charge in [-0.2, -0.15) is 0 Å². The van der Waals surface area contributed by atoms with Crippen LogP contribution < -0.4 is 14.8 Å². The van der Waals surface area contributed by atoms with Gasteiger partial charge in [0, 0.05) is 25.1 Å². The van der Waals surface area contributed by atoms with E-state index in [2.05, 4.69) is 5.32 Å². The number of hydrogen-bond acceptors (Lipinski definition) is 5. The number of Topliss-reactive ketones (excluding diaryl/α,β-unsaturated/α-hetero) is 1. The second kappa shape index (κ2) is 9.53. The highest BCUT2D eigenvalue weighted by Gasteiger charge is 2.16. The third kappa shape index (κ3) is 7.01. The highest BCUT2D eigenvalue weighted by Crippen LogP contribution is 2.27. The molecule has 2 N–H and O–H groups in total. The molecule has 0 bridgehead atoms. The molecule has 0 fully saturated rings. The fraction of sp³-hybridized carbons (Fsp3) is 0.611. The lowest BCUT2D eigenvalue weighted by Crippen LogP contribution is -2.35. The maximum absolute atomic E-state index is 12.3. The number of carbonyl (C=O) groups excluding carboxylic acids is 1. The number of benzene rings is 1. The maximum Gasteiger partial charge on any atom is 0.166 e. The van der Waals surface area contributed by atoms with Crippen LogP contribution in [0.25, 0.3) is 0 Å². The Labute approximate surface area is 139 Å². The number of hydrogen-bond donors (Lipinski definition) is 2. The number of carbonyl (C=O) groups is 1. The van der Waals surface area contributed by atoms with E-state index in [1.807, 2.05) is 27.7 Å². The Hall–Kier alpha value is -1.59. The average molecular weight is 323 g/mol. The molecule has 0 radical (unpaired) electrons. The first-order valence-electron chi connectivity index (χ1n) is 8.09. The van der Waals surface area contributed by atoms with Crippen molar-refractivity contribution in [1.82, 2.24) is 5.32 Å². The van der Waals surface area contributed by atoms with E-state index in [-0.39, 0.29) is 18.3 Å². The number of ether oxygens (including phenoxy) is 2. The Morgan fingerprint density at radius 1 is 1.26 bits per heavy atom. The monoisotopic (exact) mass is 323 g/mol. The SMILES string of the molecule is COc1ccc(C(=O)CC(C)C)c(OC[C@@H](O)CNC(C)C)c1. The van der Waals surface area contributed by atoms with Gasteiger partial charge in [-0.25, -0.2) is 0 Å². The van der Waals surface area contributed by atoms with Crippen molar-refractivity contribution in [3.05, 3.63) is 23.8 Å². The van der Waals surface area contributed by atoms with E-state index in [1.165, 1.54) is 0 Å². The smallest absolute Gasteiger partial charge is 0.166 e. The van der Waals surface area contributed by atoms with Gasteiger partial charge in [0.2, 0.25) is 0 Å². The van der Waals surface area contributed by atoms with Crippen molar-refractivity contribution in [3.63, 3.8) is 0 Å². The van der Waals surface area contributed by atoms with Crippen molar-refractivity contribution in [2.75, 3.05) is 20.3 Å². The van der Waals surface area contributed by atoms with Crippen LogP contribution in [0.1, 0.15) is 44.5 Å². The predicted octanol–water partition coefficient (Wildman–Crippen LogP) is 2.66. The first-order chi connectivity index (χ1) is 10.8. The summed E-state index contributed by atoms with van der Waals surface area (Å²) in [6, 6.07) is 5.45. The van der Waals surface area contributed by atoms with Crippen molar-refractivity contribution >= 4 is 5.78 Å². The van der Waals surface area contributed by atoms with E-state index in [0.29, 0.717) is 36.1 Å². The summed E-state index contributed by atoms with van der Waals surface area (Å²) in [6.07, 6.45) is -0.184. The minimum Gasteiger partial charge on any atom is -0.497 e. The molecule has 0 aromatic heterocycles. The Kier molecular flexibility index (Phi) is 8.06. The van der Waals surface area contributed by atoms with Gasteiger partial charge in [-0.1, -0.05) is 27.7 Å². The van der Waals surface area contributed by atoms with Crippen LogP contribution >= 0.6 is 0 Å². The first-order valence-corrected chi connectivity index (χ1v) is 8.09. The number of nitrogens with one attached hydrogen (secondary N) is 1. The highest BCUT2D eigenvalue weighted by atomic mass is 16.5. The van der Waals surface area contributed by atoms with Gasteiger partial charge in [0.1, 0.15) is 24.2 Å². The first kappa shape index (κ1) is 19.5. The quantitative estimate of drug-likeness (QED) is 0.648. The second-order valence-electron chi connectivity index (χ2n) is 6.41. The van der Waals surface area contributed by atoms with Gasteiger partial charge in [0.25, 0.3) is 0 Å². The summed E-state index contributed by atoms with van der Waals surface area (Å²) in [4.78, 5) is 12.3. The second-order valence-corrected chi connectivity index (χ2v) is 6.41. The normalized spacial score (nSPS) is 12.5. The molecule has 0 saturated carbocycles. The van der Waals surface area contributed by atoms with Crippen LogP contribution in [0.3, 0.4) is 0 Å². The third-order valence-electron chi connectivity index (χ3n) is 3.28. The molecule has 0 aliphatic heterocycles. The van der Waals surface area contributed by atoms with Crippen LogP contribution in [0, 0.1) is 5.92 Å². The lowest BCUT2D eigenvalue weighted by Gasteiger charge is -2.17. The molecule has 23 heavy (non-hydrogen) atoms. The molecule has 1 aromatic carbocycles. The fourth-order valence-electron chi connectivity index (χ4n) is 2.08. The number of aliphatic hydroxyl groups is 1. The van der Waals surface area contributed by atoms with Crippen molar-refractivity contribution < 1.29 is 19.4 Å². The molecule has 1 atom stereocenters. The summed E-state index contributed by atoms with van der Waals surface area (Å²) in [7, 11) is 1.57. The number of rotatable bonds is 10. The maximum atomic E-state index is 12.3. The molecule has 0 heterocycles. The minimum absolute atomic E-state index is 0.0347. The van der Waals surface area contributed by atoms with Crippen molar-refractivity contribution in [1.29, 1.82) is 0 Å². The third-order valence-corrected chi connectivity index (χ3v) is 3.28. The van der Waals surface area contributed by atoms with Gasteiger partial charge < -0.3 is 19.9 Å². The fourth-order valence-corrected chi connectivity index (χ4v) is 2.08. The molecule has 0 aliphatic rings. The minimum atomic E-state index is -0.642. The van der Waals surface area contributed by atoms with Crippen LogP contribution in [-0.2, 0) is 0 Å². The standard InChI is InChI=1S/C18H29NO4/c1-12(2)8-17(21)16-7-6-15(22-5)9-18(16)23-11-14(20)10-19-13(3)4/h6-7,9,12-14,19-20H,8,10-11H2,1-5H3/t14-/m0/s1. The Bertz CT molecular complexity index is 500. The average Bonchev–Trinajstić information content (AvgIpc) is 2.49. The molecule has 0 amide bonds. The van der Waals surface area contributed by atoms with E-state index >= 15 is 0 Å². The summed E-state index contributed by atoms with van der Waals surface area (Å²) in [5.74, 6) is 1.39. The predicted molar refractivity (Wildman–Crippen MR) is 91.4 cm³/mol. The Balaban J connectivity index is 2.79. The highest BCUT2D eigenvalue weighted by molar-refractivity contribution is 5.99. The Morgan fingerprint density at radius 3 is 2.52 bits per heavy atom. The van der Waals surface area contributed by atoms with Crippen LogP contribution in [0.5, 0.6) is 11.5 Å². The molecule has 130 valence electrons. The Morgan fingerprint density at radius 2 is 1.96 bits per heavy atom. The summed E-state index contributed by atoms with van der Waals surface area (Å²) in [5.41, 5.74) is 0.531. The van der Waals surface area contributed by atoms with Gasteiger partial charge in [0.15, 0.2) is 5.78 Å². The molecule has 1 rings (SSSR count). The van der Waals surface area contributed by atoms with E-state index in [0.717, 1.165) is 0 Å². The molecule has 5 heteroatoms. The number of methoxy groups -OCH3 is 1. The summed E-state index contributed by atoms with van der Waals surface area (Å²) < 4.78 is 10.9. The molecule has 0 aliphatic carbocycles. The van der Waals surface area contributed by atoms with E-state index < -0.39 is 6.10 Å². The van der Waals surface area contributed by atoms with E-state index in [1.54, 1.807) is 25.3 Å². The largest absolute Gasteiger partial charge is 0.497 e. The lowest BCUT2D eigenvalue weighted by atomic mass is 10.0. The van der Waals surface area contributed by atoms with Crippen LogP contribution in [0.2, 0.25) is 0 Å². The van der Waals surface area contributed by atoms with Crippen molar-refractivity contribution in [3.8, 4) is 11.5 Å². The molecule has 0 unspecified atom stereocenters. The van der Waals surface area contributed by atoms with Gasteiger partial charge in [-0.15, -0.1) is 0 Å². The number of ketones is 1. The van der Waals surface area contributed by atoms with Gasteiger partial charge >= 0.3 is 0 Å². The summed E-state index contributed by atoms with van der Waals surface area (Å²) in [6.45, 7) is 8.59. The topological polar surface area (TPSA) is 67.8 Å². The van der Waals surface area contributed by atoms with Crippen LogP contribution in [-0.4, -0.2) is 43.3 Å². The van der Waals surface area contributed by atoms with Crippen molar-refractivity contribution in [2.45, 2.75) is 46.3 Å². The molecule has 0 saturated heterocycles. The van der Waals surface area contributed by atoms with Gasteiger partial charge in [-0.05, 0) is 18.1 Å². The molecular weight excluding hydrogens is 294 g/mol. The van der Waals surface area contributed by atoms with Gasteiger partial charge in [-0.3, -0.25) is 4.79 Å². The zero-order valence-electron chi connectivity index (χ0n) is 14.8. The number of aliphatic hydroxyl groups excluding tert-OH is 1. The zero-order valence-corrected chi connectivity index (χ0v) is 14.8.